The van der Waals surface area contributed by atoms with Gasteiger partial charge in [-0.1, -0.05) is 36.4 Å². The topological polar surface area (TPSA) is 60.8 Å². The van der Waals surface area contributed by atoms with Crippen molar-refractivity contribution < 1.29 is 15.0 Å². The van der Waals surface area contributed by atoms with E-state index in [0.29, 0.717) is 24.2 Å². The Morgan fingerprint density at radius 1 is 0.957 bits per heavy atom. The molecule has 23 heavy (non-hydrogen) atoms. The molecule has 0 saturated heterocycles. The van der Waals surface area contributed by atoms with E-state index in [0.717, 1.165) is 16.3 Å². The number of fused-ring (bicyclic) bond motifs is 2. The number of carbonyl (C=O) groups excluding carboxylic acids is 1. The van der Waals surface area contributed by atoms with Crippen LogP contribution in [0.2, 0.25) is 0 Å². The molecule has 1 heterocycles. The summed E-state index contributed by atoms with van der Waals surface area (Å²) in [5.41, 5.74) is 1.99. The van der Waals surface area contributed by atoms with Crippen LogP contribution in [0.3, 0.4) is 0 Å². The fourth-order valence-corrected chi connectivity index (χ4v) is 3.10. The lowest BCUT2D eigenvalue weighted by Crippen LogP contribution is -2.23. The maximum absolute atomic E-state index is 12.5. The van der Waals surface area contributed by atoms with Crippen molar-refractivity contribution in [2.75, 3.05) is 0 Å². The quantitative estimate of drug-likeness (QED) is 0.713. The van der Waals surface area contributed by atoms with Crippen LogP contribution in [0, 0.1) is 0 Å². The Morgan fingerprint density at radius 2 is 1.74 bits per heavy atom. The van der Waals surface area contributed by atoms with Gasteiger partial charge in [0.15, 0.2) is 11.5 Å². The van der Waals surface area contributed by atoms with E-state index >= 15 is 0 Å². The zero-order valence-electron chi connectivity index (χ0n) is 12.4. The van der Waals surface area contributed by atoms with Crippen LogP contribution in [-0.4, -0.2) is 21.0 Å². The van der Waals surface area contributed by atoms with Gasteiger partial charge in [-0.2, -0.15) is 0 Å². The molecule has 1 amide bonds. The zero-order chi connectivity index (χ0) is 16.0. The predicted molar refractivity (Wildman–Crippen MR) is 87.3 cm³/mol. The molecule has 3 aromatic rings. The summed E-state index contributed by atoms with van der Waals surface area (Å²) in [6.45, 7) is 0.778. The number of hydrogen-bond acceptors (Lipinski definition) is 3. The minimum absolute atomic E-state index is 0.122. The van der Waals surface area contributed by atoms with Crippen LogP contribution >= 0.6 is 0 Å². The van der Waals surface area contributed by atoms with Gasteiger partial charge in [-0.25, -0.2) is 0 Å². The van der Waals surface area contributed by atoms with Gasteiger partial charge in [0, 0.05) is 17.7 Å². The average Bonchev–Trinajstić information content (AvgIpc) is 2.88. The molecular formula is C19H15NO3. The lowest BCUT2D eigenvalue weighted by atomic mass is 10.1. The highest BCUT2D eigenvalue weighted by Crippen LogP contribution is 2.37. The van der Waals surface area contributed by atoms with E-state index < -0.39 is 0 Å². The second kappa shape index (κ2) is 5.02. The number of phenolic OH excluding ortho intramolecular Hbond substituents is 2. The Bertz CT molecular complexity index is 933. The second-order valence-electron chi connectivity index (χ2n) is 5.80. The largest absolute Gasteiger partial charge is 0.504 e. The third-order valence-electron chi connectivity index (χ3n) is 4.32. The number of phenols is 2. The van der Waals surface area contributed by atoms with Crippen molar-refractivity contribution in [2.45, 2.75) is 13.1 Å². The number of nitrogens with zero attached hydrogens (tertiary/aromatic N) is 1. The van der Waals surface area contributed by atoms with E-state index in [9.17, 15) is 15.0 Å². The average molecular weight is 305 g/mol. The summed E-state index contributed by atoms with van der Waals surface area (Å²) in [6, 6.07) is 17.1. The first-order valence-electron chi connectivity index (χ1n) is 7.44. The molecule has 0 atom stereocenters. The standard InChI is InChI=1S/C19H15NO3/c21-17-8-7-15-16(18(17)22)11-20(19(15)23)10-12-5-6-13-3-1-2-4-14(13)9-12/h1-9,21-22H,10-11H2. The monoisotopic (exact) mass is 305 g/mol. The number of carbonyl (C=O) groups is 1. The molecule has 114 valence electrons. The summed E-state index contributed by atoms with van der Waals surface area (Å²) in [4.78, 5) is 14.1. The van der Waals surface area contributed by atoms with E-state index in [2.05, 4.69) is 12.1 Å². The molecule has 0 unspecified atom stereocenters. The molecule has 0 aliphatic carbocycles. The van der Waals surface area contributed by atoms with Gasteiger partial charge in [0.2, 0.25) is 0 Å². The lowest BCUT2D eigenvalue weighted by Gasteiger charge is -2.16. The molecule has 4 nitrogen and oxygen atoms in total. The fraction of sp³-hybridized carbons (Fsp3) is 0.105. The van der Waals surface area contributed by atoms with Gasteiger partial charge in [0.1, 0.15) is 0 Å². The number of hydrogen-bond donors (Lipinski definition) is 2. The normalized spacial score (nSPS) is 13.6. The lowest BCUT2D eigenvalue weighted by molar-refractivity contribution is 0.0766. The molecule has 4 rings (SSSR count). The second-order valence-corrected chi connectivity index (χ2v) is 5.80. The van der Waals surface area contributed by atoms with Gasteiger partial charge in [-0.15, -0.1) is 0 Å². The molecule has 0 aromatic heterocycles. The summed E-state index contributed by atoms with van der Waals surface area (Å²) < 4.78 is 0. The molecule has 0 saturated carbocycles. The van der Waals surface area contributed by atoms with Gasteiger partial charge in [0.05, 0.1) is 6.54 Å². The van der Waals surface area contributed by atoms with E-state index in [4.69, 9.17) is 0 Å². The Labute approximate surface area is 133 Å². The van der Waals surface area contributed by atoms with Crippen LogP contribution in [-0.2, 0) is 13.1 Å². The van der Waals surface area contributed by atoms with Gasteiger partial charge >= 0.3 is 0 Å². The molecule has 0 bridgehead atoms. The van der Waals surface area contributed by atoms with E-state index in [-0.39, 0.29) is 17.4 Å². The molecular weight excluding hydrogens is 290 g/mol. The summed E-state index contributed by atoms with van der Waals surface area (Å²) in [6.07, 6.45) is 0. The van der Waals surface area contributed by atoms with Crippen LogP contribution in [0.25, 0.3) is 10.8 Å². The van der Waals surface area contributed by atoms with Crippen molar-refractivity contribution in [3.63, 3.8) is 0 Å². The zero-order valence-corrected chi connectivity index (χ0v) is 12.4. The van der Waals surface area contributed by atoms with Crippen LogP contribution in [0.1, 0.15) is 21.5 Å². The summed E-state index contributed by atoms with van der Waals surface area (Å²) in [5, 5.41) is 21.8. The smallest absolute Gasteiger partial charge is 0.254 e. The van der Waals surface area contributed by atoms with E-state index in [1.54, 1.807) is 11.0 Å². The molecule has 0 spiro atoms. The number of amides is 1. The first-order valence-corrected chi connectivity index (χ1v) is 7.44. The fourth-order valence-electron chi connectivity index (χ4n) is 3.10. The van der Waals surface area contributed by atoms with Gasteiger partial charge in [-0.05, 0) is 34.5 Å². The van der Waals surface area contributed by atoms with Crippen LogP contribution < -0.4 is 0 Å². The minimum Gasteiger partial charge on any atom is -0.504 e. The van der Waals surface area contributed by atoms with Crippen molar-refractivity contribution in [3.05, 3.63) is 71.3 Å². The highest BCUT2D eigenvalue weighted by molar-refractivity contribution is 5.99. The number of benzene rings is 3. The van der Waals surface area contributed by atoms with Crippen LogP contribution in [0.15, 0.2) is 54.6 Å². The molecule has 0 radical (unpaired) electrons. The van der Waals surface area contributed by atoms with Crippen molar-refractivity contribution in [1.82, 2.24) is 4.90 Å². The van der Waals surface area contributed by atoms with Gasteiger partial charge in [-0.3, -0.25) is 4.79 Å². The summed E-state index contributed by atoms with van der Waals surface area (Å²) in [7, 11) is 0. The van der Waals surface area contributed by atoms with Crippen molar-refractivity contribution >= 4 is 16.7 Å². The molecule has 3 aromatic carbocycles. The summed E-state index contributed by atoms with van der Waals surface area (Å²) >= 11 is 0. The van der Waals surface area contributed by atoms with Crippen molar-refractivity contribution in [2.24, 2.45) is 0 Å². The minimum atomic E-state index is -0.197. The predicted octanol–water partition coefficient (Wildman–Crippen LogP) is 3.41. The molecule has 2 N–H and O–H groups in total. The first kappa shape index (κ1) is 13.6. The molecule has 4 heteroatoms. The van der Waals surface area contributed by atoms with E-state index in [1.165, 1.54) is 6.07 Å². The van der Waals surface area contributed by atoms with Crippen LogP contribution in [0.5, 0.6) is 11.5 Å². The van der Waals surface area contributed by atoms with Crippen LogP contribution in [0.4, 0.5) is 0 Å². The van der Waals surface area contributed by atoms with E-state index in [1.807, 2.05) is 30.3 Å². The van der Waals surface area contributed by atoms with Crippen molar-refractivity contribution in [3.8, 4) is 11.5 Å². The van der Waals surface area contributed by atoms with Crippen molar-refractivity contribution in [1.29, 1.82) is 0 Å². The third-order valence-corrected chi connectivity index (χ3v) is 4.32. The maximum Gasteiger partial charge on any atom is 0.254 e. The maximum atomic E-state index is 12.5. The Morgan fingerprint density at radius 3 is 2.57 bits per heavy atom. The highest BCUT2D eigenvalue weighted by Gasteiger charge is 2.30. The highest BCUT2D eigenvalue weighted by atomic mass is 16.3. The SMILES string of the molecule is O=C1c2ccc(O)c(O)c2CN1Cc1ccc2ccccc2c1. The Kier molecular flexibility index (Phi) is 2.98. The Hall–Kier alpha value is -3.01. The molecule has 0 fully saturated rings. The molecule has 1 aliphatic heterocycles. The third kappa shape index (κ3) is 2.19. The Balaban J connectivity index is 1.64. The van der Waals surface area contributed by atoms with Gasteiger partial charge < -0.3 is 15.1 Å². The molecule has 1 aliphatic rings. The number of rotatable bonds is 2. The first-order chi connectivity index (χ1) is 11.1. The number of aromatic hydroxyl groups is 2. The summed E-state index contributed by atoms with van der Waals surface area (Å²) in [5.74, 6) is -0.510. The van der Waals surface area contributed by atoms with Gasteiger partial charge in [0.25, 0.3) is 5.91 Å².